The summed E-state index contributed by atoms with van der Waals surface area (Å²) in [6.07, 6.45) is 0. The maximum Gasteiger partial charge on any atom is 0.0159 e. The van der Waals surface area contributed by atoms with E-state index in [-0.39, 0.29) is 5.41 Å². The van der Waals surface area contributed by atoms with E-state index in [4.69, 9.17) is 0 Å². The Hall–Kier alpha value is -2.08. The Kier molecular flexibility index (Phi) is 2.75. The molecule has 0 aliphatic heterocycles. The highest BCUT2D eigenvalue weighted by atomic mass is 14.4. The van der Waals surface area contributed by atoms with Crippen LogP contribution in [0.4, 0.5) is 0 Å². The fourth-order valence-corrected chi connectivity index (χ4v) is 3.80. The molecule has 0 radical (unpaired) electrons. The summed E-state index contributed by atoms with van der Waals surface area (Å²) in [6.45, 7) is 9.25. The standard InChI is InChI=1S/C22H22/c1-14(2)15-9-10-18-19-11-16-7-5-6-8-17(16)13-21(19)22(3,4)20(18)12-15/h5-14H,1-4H3. The molecule has 0 saturated carbocycles. The number of hydrogen-bond donors (Lipinski definition) is 0. The van der Waals surface area contributed by atoms with Crippen LogP contribution >= 0.6 is 0 Å². The minimum Gasteiger partial charge on any atom is -0.0616 e. The first-order valence-electron chi connectivity index (χ1n) is 8.16. The Morgan fingerprint density at radius 1 is 0.727 bits per heavy atom. The average Bonchev–Trinajstić information content (AvgIpc) is 2.73. The van der Waals surface area contributed by atoms with Crippen LogP contribution < -0.4 is 0 Å². The van der Waals surface area contributed by atoms with Crippen LogP contribution in [0.3, 0.4) is 0 Å². The van der Waals surface area contributed by atoms with Crippen molar-refractivity contribution in [3.63, 3.8) is 0 Å². The van der Waals surface area contributed by atoms with E-state index in [9.17, 15) is 0 Å². The summed E-state index contributed by atoms with van der Waals surface area (Å²) in [5, 5.41) is 2.67. The SMILES string of the molecule is CC(C)c1ccc2c(c1)C(C)(C)c1cc3ccccc3cc1-2. The van der Waals surface area contributed by atoms with Crippen LogP contribution in [0.25, 0.3) is 21.9 Å². The summed E-state index contributed by atoms with van der Waals surface area (Å²) in [6, 6.07) is 20.5. The molecule has 3 aromatic carbocycles. The van der Waals surface area contributed by atoms with Crippen molar-refractivity contribution in [2.24, 2.45) is 0 Å². The van der Waals surface area contributed by atoms with Crippen molar-refractivity contribution >= 4 is 10.8 Å². The fraction of sp³-hybridized carbons (Fsp3) is 0.273. The van der Waals surface area contributed by atoms with E-state index in [1.165, 1.54) is 38.6 Å². The lowest BCUT2D eigenvalue weighted by atomic mass is 9.81. The molecule has 0 fully saturated rings. The third-order valence-electron chi connectivity index (χ3n) is 5.23. The van der Waals surface area contributed by atoms with Crippen LogP contribution in [0, 0.1) is 0 Å². The highest BCUT2D eigenvalue weighted by Gasteiger charge is 2.35. The second-order valence-corrected chi connectivity index (χ2v) is 7.33. The van der Waals surface area contributed by atoms with Gasteiger partial charge in [0.15, 0.2) is 0 Å². The van der Waals surface area contributed by atoms with Gasteiger partial charge in [-0.15, -0.1) is 0 Å². The first-order chi connectivity index (χ1) is 10.5. The zero-order chi connectivity index (χ0) is 15.5. The minimum atomic E-state index is 0.0829. The molecule has 22 heavy (non-hydrogen) atoms. The monoisotopic (exact) mass is 286 g/mol. The third-order valence-corrected chi connectivity index (χ3v) is 5.23. The van der Waals surface area contributed by atoms with Gasteiger partial charge in [-0.1, -0.05) is 70.2 Å². The van der Waals surface area contributed by atoms with Gasteiger partial charge in [-0.25, -0.2) is 0 Å². The maximum absolute atomic E-state index is 2.42. The molecule has 0 bridgehead atoms. The van der Waals surface area contributed by atoms with Crippen LogP contribution in [0.1, 0.15) is 50.3 Å². The predicted octanol–water partition coefficient (Wildman–Crippen LogP) is 6.27. The normalized spacial score (nSPS) is 15.1. The van der Waals surface area contributed by atoms with Gasteiger partial charge in [0.05, 0.1) is 0 Å². The average molecular weight is 286 g/mol. The lowest BCUT2D eigenvalue weighted by Gasteiger charge is -2.22. The Bertz CT molecular complexity index is 882. The van der Waals surface area contributed by atoms with Gasteiger partial charge in [-0.05, 0) is 56.6 Å². The molecule has 0 aromatic heterocycles. The summed E-state index contributed by atoms with van der Waals surface area (Å²) in [7, 11) is 0. The lowest BCUT2D eigenvalue weighted by Crippen LogP contribution is -2.15. The molecule has 0 nitrogen and oxygen atoms in total. The number of hydrogen-bond acceptors (Lipinski definition) is 0. The highest BCUT2D eigenvalue weighted by molar-refractivity contribution is 5.93. The number of benzene rings is 3. The first-order valence-corrected chi connectivity index (χ1v) is 8.16. The second kappa shape index (κ2) is 4.46. The third kappa shape index (κ3) is 1.76. The molecule has 0 saturated heterocycles. The van der Waals surface area contributed by atoms with Gasteiger partial charge < -0.3 is 0 Å². The van der Waals surface area contributed by atoms with Crippen molar-refractivity contribution in [1.82, 2.24) is 0 Å². The molecule has 0 heteroatoms. The van der Waals surface area contributed by atoms with Crippen LogP contribution in [-0.4, -0.2) is 0 Å². The van der Waals surface area contributed by atoms with Crippen molar-refractivity contribution in [3.05, 3.63) is 71.3 Å². The van der Waals surface area contributed by atoms with E-state index < -0.39 is 0 Å². The zero-order valence-electron chi connectivity index (χ0n) is 13.8. The Morgan fingerprint density at radius 2 is 1.36 bits per heavy atom. The van der Waals surface area contributed by atoms with Crippen LogP contribution in [-0.2, 0) is 5.41 Å². The summed E-state index contributed by atoms with van der Waals surface area (Å²) in [5.41, 5.74) is 7.28. The number of rotatable bonds is 1. The van der Waals surface area contributed by atoms with Gasteiger partial charge >= 0.3 is 0 Å². The molecule has 0 N–H and O–H groups in total. The van der Waals surface area contributed by atoms with Crippen LogP contribution in [0.2, 0.25) is 0 Å². The van der Waals surface area contributed by atoms with Crippen LogP contribution in [0.5, 0.6) is 0 Å². The molecule has 3 aromatic rings. The molecule has 4 rings (SSSR count). The van der Waals surface area contributed by atoms with E-state index in [0.29, 0.717) is 5.92 Å². The molecule has 1 aliphatic rings. The maximum atomic E-state index is 2.42. The minimum absolute atomic E-state index is 0.0829. The lowest BCUT2D eigenvalue weighted by molar-refractivity contribution is 0.658. The molecule has 110 valence electrons. The van der Waals surface area contributed by atoms with Gasteiger partial charge in [-0.2, -0.15) is 0 Å². The summed E-state index contributed by atoms with van der Waals surface area (Å²) < 4.78 is 0. The summed E-state index contributed by atoms with van der Waals surface area (Å²) in [4.78, 5) is 0. The molecule has 0 spiro atoms. The van der Waals surface area contributed by atoms with Crippen molar-refractivity contribution in [2.45, 2.75) is 39.0 Å². The molecule has 0 unspecified atom stereocenters. The Morgan fingerprint density at radius 3 is 2.05 bits per heavy atom. The fourth-order valence-electron chi connectivity index (χ4n) is 3.80. The number of fused-ring (bicyclic) bond motifs is 4. The van der Waals surface area contributed by atoms with E-state index in [2.05, 4.69) is 82.3 Å². The Balaban J connectivity index is 2.03. The van der Waals surface area contributed by atoms with E-state index >= 15 is 0 Å². The van der Waals surface area contributed by atoms with Gasteiger partial charge in [-0.3, -0.25) is 0 Å². The van der Waals surface area contributed by atoms with Crippen molar-refractivity contribution in [3.8, 4) is 11.1 Å². The Labute approximate surface area is 132 Å². The second-order valence-electron chi connectivity index (χ2n) is 7.33. The molecule has 0 amide bonds. The van der Waals surface area contributed by atoms with Crippen molar-refractivity contribution in [1.29, 1.82) is 0 Å². The molecule has 0 heterocycles. The van der Waals surface area contributed by atoms with Crippen molar-refractivity contribution in [2.75, 3.05) is 0 Å². The molecular weight excluding hydrogens is 264 g/mol. The summed E-state index contributed by atoms with van der Waals surface area (Å²) >= 11 is 0. The molecular formula is C22H22. The largest absolute Gasteiger partial charge is 0.0616 e. The highest BCUT2D eigenvalue weighted by Crippen LogP contribution is 2.50. The van der Waals surface area contributed by atoms with E-state index in [0.717, 1.165) is 0 Å². The smallest absolute Gasteiger partial charge is 0.0159 e. The summed E-state index contributed by atoms with van der Waals surface area (Å²) in [5.74, 6) is 0.573. The van der Waals surface area contributed by atoms with Crippen molar-refractivity contribution < 1.29 is 0 Å². The van der Waals surface area contributed by atoms with Gasteiger partial charge in [0, 0.05) is 5.41 Å². The van der Waals surface area contributed by atoms with E-state index in [1.54, 1.807) is 0 Å². The van der Waals surface area contributed by atoms with Crippen LogP contribution in [0.15, 0.2) is 54.6 Å². The van der Waals surface area contributed by atoms with Gasteiger partial charge in [0.25, 0.3) is 0 Å². The molecule has 1 aliphatic carbocycles. The zero-order valence-corrected chi connectivity index (χ0v) is 13.8. The topological polar surface area (TPSA) is 0 Å². The van der Waals surface area contributed by atoms with E-state index in [1.807, 2.05) is 0 Å². The first kappa shape index (κ1) is 13.6. The predicted molar refractivity (Wildman–Crippen MR) is 95.6 cm³/mol. The van der Waals surface area contributed by atoms with Gasteiger partial charge in [0.1, 0.15) is 0 Å². The quantitative estimate of drug-likeness (QED) is 0.494. The van der Waals surface area contributed by atoms with Gasteiger partial charge in [0.2, 0.25) is 0 Å². The molecule has 0 atom stereocenters.